The number of hydrogen-bond donors (Lipinski definition) is 2. The Morgan fingerprint density at radius 3 is 2.41 bits per heavy atom. The number of anilines is 2. The number of halogens is 1. The number of benzene rings is 3. The number of nitrogens with one attached hydrogen (secondary N) is 2. The molecule has 0 saturated carbocycles. The lowest BCUT2D eigenvalue weighted by Crippen LogP contribution is -2.31. The van der Waals surface area contributed by atoms with Gasteiger partial charge in [0.05, 0.1) is 5.57 Å². The Hall–Kier alpha value is -4.26. The summed E-state index contributed by atoms with van der Waals surface area (Å²) in [5.41, 5.74) is 5.79. The second-order valence-corrected chi connectivity index (χ2v) is 8.44. The number of allylic oxidation sites excluding steroid dienone is 1. The van der Waals surface area contributed by atoms with Crippen LogP contribution in [-0.4, -0.2) is 20.7 Å². The molecule has 7 heteroatoms. The summed E-state index contributed by atoms with van der Waals surface area (Å²) in [6, 6.07) is 20.9. The highest BCUT2D eigenvalue weighted by Gasteiger charge is 2.34. The van der Waals surface area contributed by atoms with Crippen LogP contribution < -0.4 is 10.6 Å². The van der Waals surface area contributed by atoms with Crippen LogP contribution in [0.2, 0.25) is 0 Å². The van der Waals surface area contributed by atoms with Crippen LogP contribution in [0.25, 0.3) is 11.4 Å². The van der Waals surface area contributed by atoms with E-state index in [-0.39, 0.29) is 11.7 Å². The second kappa shape index (κ2) is 8.59. The Morgan fingerprint density at radius 1 is 0.971 bits per heavy atom. The van der Waals surface area contributed by atoms with Gasteiger partial charge in [-0.05, 0) is 67.8 Å². The number of para-hydroxylation sites is 1. The van der Waals surface area contributed by atoms with Gasteiger partial charge in [-0.1, -0.05) is 42.5 Å². The van der Waals surface area contributed by atoms with E-state index in [2.05, 4.69) is 17.6 Å². The van der Waals surface area contributed by atoms with Gasteiger partial charge >= 0.3 is 0 Å². The van der Waals surface area contributed by atoms with Crippen LogP contribution in [-0.2, 0) is 4.79 Å². The van der Waals surface area contributed by atoms with Crippen LogP contribution in [0.1, 0.15) is 29.7 Å². The zero-order valence-electron chi connectivity index (χ0n) is 19.1. The molecule has 170 valence electrons. The number of hydrogen-bond acceptors (Lipinski definition) is 4. The number of amides is 1. The SMILES string of the molecule is CC1=C(C(=O)Nc2ccccc2)C(c2ccc(F)cc2)n2nc(-c3ccc(C)c(C)c3)nc2N1. The highest BCUT2D eigenvalue weighted by molar-refractivity contribution is 6.06. The van der Waals surface area contributed by atoms with E-state index in [0.29, 0.717) is 28.7 Å². The second-order valence-electron chi connectivity index (χ2n) is 8.44. The van der Waals surface area contributed by atoms with Crippen molar-refractivity contribution in [3.05, 3.63) is 107 Å². The van der Waals surface area contributed by atoms with Crippen molar-refractivity contribution in [2.45, 2.75) is 26.8 Å². The molecule has 0 spiro atoms. The topological polar surface area (TPSA) is 71.8 Å². The van der Waals surface area contributed by atoms with Gasteiger partial charge in [-0.25, -0.2) is 9.07 Å². The molecule has 0 radical (unpaired) electrons. The van der Waals surface area contributed by atoms with E-state index >= 15 is 0 Å². The molecule has 0 fully saturated rings. The first kappa shape index (κ1) is 21.6. The molecule has 3 aromatic carbocycles. The van der Waals surface area contributed by atoms with Crippen LogP contribution in [0.5, 0.6) is 0 Å². The molecule has 1 aliphatic heterocycles. The predicted molar refractivity (Wildman–Crippen MR) is 131 cm³/mol. The van der Waals surface area contributed by atoms with Crippen LogP contribution >= 0.6 is 0 Å². The summed E-state index contributed by atoms with van der Waals surface area (Å²) >= 11 is 0. The molecule has 5 rings (SSSR count). The maximum atomic E-state index is 13.7. The number of aromatic nitrogens is 3. The van der Waals surface area contributed by atoms with Gasteiger partial charge < -0.3 is 10.6 Å². The van der Waals surface area contributed by atoms with E-state index in [4.69, 9.17) is 10.1 Å². The monoisotopic (exact) mass is 453 g/mol. The van der Waals surface area contributed by atoms with Crippen molar-refractivity contribution in [3.8, 4) is 11.4 Å². The molecular formula is C27H24FN5O. The predicted octanol–water partition coefficient (Wildman–Crippen LogP) is 5.63. The van der Waals surface area contributed by atoms with Crippen LogP contribution in [0, 0.1) is 19.7 Å². The zero-order chi connectivity index (χ0) is 23.8. The van der Waals surface area contributed by atoms with Gasteiger partial charge in [0.25, 0.3) is 5.91 Å². The number of aryl methyl sites for hydroxylation is 2. The summed E-state index contributed by atoms with van der Waals surface area (Å²) in [6.07, 6.45) is 0. The van der Waals surface area contributed by atoms with Gasteiger partial charge in [-0.3, -0.25) is 4.79 Å². The summed E-state index contributed by atoms with van der Waals surface area (Å²) in [7, 11) is 0. The fourth-order valence-electron chi connectivity index (χ4n) is 4.12. The smallest absolute Gasteiger partial charge is 0.255 e. The maximum Gasteiger partial charge on any atom is 0.255 e. The van der Waals surface area contributed by atoms with Crippen molar-refractivity contribution >= 4 is 17.5 Å². The summed E-state index contributed by atoms with van der Waals surface area (Å²) in [4.78, 5) is 18.2. The molecule has 2 N–H and O–H groups in total. The first-order valence-corrected chi connectivity index (χ1v) is 11.0. The largest absolute Gasteiger partial charge is 0.328 e. The van der Waals surface area contributed by atoms with Crippen LogP contribution in [0.3, 0.4) is 0 Å². The summed E-state index contributed by atoms with van der Waals surface area (Å²) in [6.45, 7) is 5.94. The Labute approximate surface area is 197 Å². The van der Waals surface area contributed by atoms with E-state index in [9.17, 15) is 9.18 Å². The van der Waals surface area contributed by atoms with Crippen molar-refractivity contribution in [2.75, 3.05) is 10.6 Å². The van der Waals surface area contributed by atoms with E-state index in [1.54, 1.807) is 16.8 Å². The van der Waals surface area contributed by atoms with Crippen molar-refractivity contribution in [1.29, 1.82) is 0 Å². The highest BCUT2D eigenvalue weighted by atomic mass is 19.1. The van der Waals surface area contributed by atoms with Gasteiger partial charge in [0.2, 0.25) is 5.95 Å². The Kier molecular flexibility index (Phi) is 5.45. The summed E-state index contributed by atoms with van der Waals surface area (Å²) in [5.74, 6) is 0.467. The fraction of sp³-hybridized carbons (Fsp3) is 0.148. The van der Waals surface area contributed by atoms with Gasteiger partial charge in [0.1, 0.15) is 11.9 Å². The molecule has 1 aliphatic rings. The Morgan fingerprint density at radius 2 is 1.71 bits per heavy atom. The lowest BCUT2D eigenvalue weighted by molar-refractivity contribution is -0.113. The number of carbonyl (C=O) groups excluding carboxylic acids is 1. The quantitative estimate of drug-likeness (QED) is 0.420. The van der Waals surface area contributed by atoms with Crippen molar-refractivity contribution in [1.82, 2.24) is 14.8 Å². The molecule has 0 saturated heterocycles. The molecule has 34 heavy (non-hydrogen) atoms. The van der Waals surface area contributed by atoms with Gasteiger partial charge in [-0.15, -0.1) is 5.10 Å². The Bertz CT molecular complexity index is 1410. The van der Waals surface area contributed by atoms with E-state index in [0.717, 1.165) is 16.7 Å². The zero-order valence-corrected chi connectivity index (χ0v) is 19.1. The van der Waals surface area contributed by atoms with Crippen LogP contribution in [0.15, 0.2) is 84.1 Å². The van der Waals surface area contributed by atoms with E-state index < -0.39 is 6.04 Å². The standard InChI is InChI=1S/C27H24FN5O/c1-16-9-10-20(15-17(16)2)25-31-27-29-18(3)23(26(34)30-22-7-5-4-6-8-22)24(33(27)32-25)19-11-13-21(28)14-12-19/h4-15,24H,1-3H3,(H,30,34)(H,29,31,32). The molecule has 1 atom stereocenters. The molecule has 1 amide bonds. The average molecular weight is 454 g/mol. The van der Waals surface area contributed by atoms with E-state index in [1.165, 1.54) is 17.7 Å². The fourth-order valence-corrected chi connectivity index (χ4v) is 4.12. The number of nitrogens with zero attached hydrogens (tertiary/aromatic N) is 3. The number of carbonyl (C=O) groups is 1. The molecule has 0 aliphatic carbocycles. The lowest BCUT2D eigenvalue weighted by atomic mass is 9.95. The Balaban J connectivity index is 1.60. The van der Waals surface area contributed by atoms with Gasteiger partial charge in [-0.2, -0.15) is 4.98 Å². The average Bonchev–Trinajstić information content (AvgIpc) is 3.24. The molecular weight excluding hydrogens is 429 g/mol. The summed E-state index contributed by atoms with van der Waals surface area (Å²) < 4.78 is 15.4. The molecule has 6 nitrogen and oxygen atoms in total. The number of rotatable bonds is 4. The molecule has 0 bridgehead atoms. The van der Waals surface area contributed by atoms with Crippen molar-refractivity contribution in [3.63, 3.8) is 0 Å². The molecule has 2 heterocycles. The van der Waals surface area contributed by atoms with Crippen molar-refractivity contribution < 1.29 is 9.18 Å². The summed E-state index contributed by atoms with van der Waals surface area (Å²) in [5, 5.41) is 11.0. The molecule has 1 aromatic heterocycles. The third-order valence-electron chi connectivity index (χ3n) is 6.08. The normalized spacial score (nSPS) is 15.0. The third-order valence-corrected chi connectivity index (χ3v) is 6.08. The molecule has 1 unspecified atom stereocenters. The van der Waals surface area contributed by atoms with Crippen molar-refractivity contribution in [2.24, 2.45) is 0 Å². The first-order valence-electron chi connectivity index (χ1n) is 11.0. The minimum Gasteiger partial charge on any atom is -0.328 e. The highest BCUT2D eigenvalue weighted by Crippen LogP contribution is 2.37. The maximum absolute atomic E-state index is 13.7. The van der Waals surface area contributed by atoms with Gasteiger partial charge in [0, 0.05) is 16.9 Å². The van der Waals surface area contributed by atoms with Crippen LogP contribution in [0.4, 0.5) is 16.0 Å². The minimum absolute atomic E-state index is 0.264. The number of fused-ring (bicyclic) bond motifs is 1. The minimum atomic E-state index is -0.576. The van der Waals surface area contributed by atoms with E-state index in [1.807, 2.05) is 62.4 Å². The van der Waals surface area contributed by atoms with Gasteiger partial charge in [0.15, 0.2) is 5.82 Å². The first-order chi connectivity index (χ1) is 16.4. The third kappa shape index (κ3) is 3.96. The lowest BCUT2D eigenvalue weighted by Gasteiger charge is -2.28. The molecule has 4 aromatic rings.